The smallest absolute Gasteiger partial charge is 0.340 e. The number of anilines is 1. The number of rotatable bonds is 3. The number of ether oxygens (including phenoxy) is 1. The van der Waals surface area contributed by atoms with Gasteiger partial charge in [0.1, 0.15) is 5.75 Å². The van der Waals surface area contributed by atoms with Crippen LogP contribution in [0.5, 0.6) is 5.75 Å². The SMILES string of the molecule is COC(=O)c1cn(C)c2ccc(N3CC(c4ccc(O)cc4Cl)C3)cc12. The number of hydrogen-bond donors (Lipinski definition) is 1. The zero-order valence-corrected chi connectivity index (χ0v) is 15.3. The van der Waals surface area contributed by atoms with Crippen LogP contribution in [0.1, 0.15) is 21.8 Å². The summed E-state index contributed by atoms with van der Waals surface area (Å²) in [7, 11) is 3.31. The molecule has 4 rings (SSSR count). The molecule has 5 nitrogen and oxygen atoms in total. The molecule has 0 radical (unpaired) electrons. The van der Waals surface area contributed by atoms with Gasteiger partial charge in [0, 0.05) is 53.9 Å². The van der Waals surface area contributed by atoms with E-state index >= 15 is 0 Å². The van der Waals surface area contributed by atoms with Gasteiger partial charge in [-0.1, -0.05) is 17.7 Å². The Bertz CT molecular complexity index is 1010. The summed E-state index contributed by atoms with van der Waals surface area (Å²) < 4.78 is 6.83. The fourth-order valence-corrected chi connectivity index (χ4v) is 3.91. The highest BCUT2D eigenvalue weighted by Gasteiger charge is 2.30. The number of carbonyl (C=O) groups excluding carboxylic acids is 1. The van der Waals surface area contributed by atoms with Crippen LogP contribution in [0.15, 0.2) is 42.6 Å². The fraction of sp³-hybridized carbons (Fsp3) is 0.250. The van der Waals surface area contributed by atoms with Crippen molar-refractivity contribution in [1.29, 1.82) is 0 Å². The molecule has 1 aliphatic rings. The van der Waals surface area contributed by atoms with Gasteiger partial charge in [-0.2, -0.15) is 0 Å². The van der Waals surface area contributed by atoms with E-state index in [-0.39, 0.29) is 11.7 Å². The lowest BCUT2D eigenvalue weighted by atomic mass is 9.90. The molecule has 6 heteroatoms. The summed E-state index contributed by atoms with van der Waals surface area (Å²) in [5.74, 6) is 0.180. The molecule has 0 spiro atoms. The summed E-state index contributed by atoms with van der Waals surface area (Å²) >= 11 is 6.25. The van der Waals surface area contributed by atoms with Crippen LogP contribution < -0.4 is 4.90 Å². The highest BCUT2D eigenvalue weighted by Crippen LogP contribution is 2.37. The van der Waals surface area contributed by atoms with Gasteiger partial charge in [0.05, 0.1) is 12.7 Å². The number of carbonyl (C=O) groups is 1. The molecule has 1 aliphatic heterocycles. The number of halogens is 1. The number of phenolic OH excluding ortho intramolecular Hbond substituents is 1. The van der Waals surface area contributed by atoms with Crippen molar-refractivity contribution >= 4 is 34.2 Å². The van der Waals surface area contributed by atoms with Crippen LogP contribution >= 0.6 is 11.6 Å². The lowest BCUT2D eigenvalue weighted by Crippen LogP contribution is -2.45. The number of hydrogen-bond acceptors (Lipinski definition) is 4. The van der Waals surface area contributed by atoms with Crippen molar-refractivity contribution in [3.63, 3.8) is 0 Å². The Morgan fingerprint density at radius 1 is 1.23 bits per heavy atom. The van der Waals surface area contributed by atoms with Gasteiger partial charge in [0.25, 0.3) is 0 Å². The van der Waals surface area contributed by atoms with Crippen LogP contribution in [0.4, 0.5) is 5.69 Å². The molecule has 1 fully saturated rings. The Hall–Kier alpha value is -2.66. The van der Waals surface area contributed by atoms with E-state index < -0.39 is 0 Å². The average Bonchev–Trinajstić information content (AvgIpc) is 2.91. The van der Waals surface area contributed by atoms with E-state index in [9.17, 15) is 9.90 Å². The van der Waals surface area contributed by atoms with Gasteiger partial charge in [-0.25, -0.2) is 4.79 Å². The number of methoxy groups -OCH3 is 1. The van der Waals surface area contributed by atoms with Crippen LogP contribution in [-0.4, -0.2) is 35.8 Å². The maximum Gasteiger partial charge on any atom is 0.340 e. The minimum absolute atomic E-state index is 0.180. The molecule has 2 aromatic carbocycles. The van der Waals surface area contributed by atoms with Gasteiger partial charge in [-0.15, -0.1) is 0 Å². The molecule has 0 saturated carbocycles. The van der Waals surface area contributed by atoms with Crippen LogP contribution in [0, 0.1) is 0 Å². The molecule has 0 amide bonds. The van der Waals surface area contributed by atoms with Crippen LogP contribution in [-0.2, 0) is 11.8 Å². The van der Waals surface area contributed by atoms with Crippen LogP contribution in [0.25, 0.3) is 10.9 Å². The third-order valence-electron chi connectivity index (χ3n) is 5.05. The molecule has 3 aromatic rings. The highest BCUT2D eigenvalue weighted by molar-refractivity contribution is 6.31. The van der Waals surface area contributed by atoms with E-state index in [4.69, 9.17) is 16.3 Å². The van der Waals surface area contributed by atoms with Crippen molar-refractivity contribution in [3.8, 4) is 5.75 Å². The normalized spacial score (nSPS) is 14.5. The van der Waals surface area contributed by atoms with Gasteiger partial charge in [-0.3, -0.25) is 0 Å². The maximum atomic E-state index is 12.0. The predicted octanol–water partition coefficient (Wildman–Crippen LogP) is 3.93. The van der Waals surface area contributed by atoms with Gasteiger partial charge in [0.15, 0.2) is 0 Å². The Kier molecular flexibility index (Phi) is 4.04. The summed E-state index contributed by atoms with van der Waals surface area (Å²) in [6, 6.07) is 11.3. The molecule has 0 aliphatic carbocycles. The Morgan fingerprint density at radius 3 is 2.69 bits per heavy atom. The third-order valence-corrected chi connectivity index (χ3v) is 5.38. The maximum absolute atomic E-state index is 12.0. The number of aromatic nitrogens is 1. The average molecular weight is 371 g/mol. The minimum atomic E-state index is -0.329. The highest BCUT2D eigenvalue weighted by atomic mass is 35.5. The summed E-state index contributed by atoms with van der Waals surface area (Å²) in [6.07, 6.45) is 1.80. The monoisotopic (exact) mass is 370 g/mol. The topological polar surface area (TPSA) is 54.7 Å². The van der Waals surface area contributed by atoms with Gasteiger partial charge in [0.2, 0.25) is 0 Å². The second-order valence-corrected chi connectivity index (χ2v) is 7.06. The molecule has 134 valence electrons. The summed E-state index contributed by atoms with van der Waals surface area (Å²) in [6.45, 7) is 1.69. The molecule has 0 bridgehead atoms. The van der Waals surface area contributed by atoms with E-state index in [1.165, 1.54) is 7.11 Å². The zero-order valence-electron chi connectivity index (χ0n) is 14.6. The van der Waals surface area contributed by atoms with E-state index in [0.29, 0.717) is 16.5 Å². The first kappa shape index (κ1) is 16.8. The van der Waals surface area contributed by atoms with Crippen molar-refractivity contribution in [2.45, 2.75) is 5.92 Å². The summed E-state index contributed by atoms with van der Waals surface area (Å²) in [5, 5.41) is 11.0. The number of aryl methyl sites for hydroxylation is 1. The summed E-state index contributed by atoms with van der Waals surface area (Å²) in [5.41, 5.74) is 3.69. The van der Waals surface area contributed by atoms with Crippen molar-refractivity contribution in [2.24, 2.45) is 7.05 Å². The van der Waals surface area contributed by atoms with Crippen molar-refractivity contribution in [2.75, 3.05) is 25.1 Å². The first-order chi connectivity index (χ1) is 12.5. The molecular weight excluding hydrogens is 352 g/mol. The Labute approximate surface area is 156 Å². The largest absolute Gasteiger partial charge is 0.508 e. The molecule has 1 N–H and O–H groups in total. The van der Waals surface area contributed by atoms with E-state index in [2.05, 4.69) is 11.0 Å². The molecule has 0 unspecified atom stereocenters. The van der Waals surface area contributed by atoms with E-state index in [1.807, 2.05) is 29.8 Å². The van der Waals surface area contributed by atoms with Crippen LogP contribution in [0.2, 0.25) is 5.02 Å². The summed E-state index contributed by atoms with van der Waals surface area (Å²) in [4.78, 5) is 14.3. The standard InChI is InChI=1S/C20H19ClN2O3/c1-22-11-17(20(25)26-2)16-7-13(3-6-19(16)22)23-9-12(10-23)15-5-4-14(24)8-18(15)21/h3-8,11-12,24H,9-10H2,1-2H3. The minimum Gasteiger partial charge on any atom is -0.508 e. The quantitative estimate of drug-likeness (QED) is 0.710. The first-order valence-electron chi connectivity index (χ1n) is 8.38. The molecule has 0 atom stereocenters. The predicted molar refractivity (Wildman–Crippen MR) is 102 cm³/mol. The van der Waals surface area contributed by atoms with Gasteiger partial charge in [-0.05, 0) is 35.9 Å². The molecule has 1 aromatic heterocycles. The lowest BCUT2D eigenvalue weighted by Gasteiger charge is -2.41. The van der Waals surface area contributed by atoms with Crippen molar-refractivity contribution in [3.05, 3.63) is 58.7 Å². The number of esters is 1. The number of benzene rings is 2. The van der Waals surface area contributed by atoms with Gasteiger partial charge >= 0.3 is 5.97 Å². The second kappa shape index (κ2) is 6.25. The Balaban J connectivity index is 1.60. The number of fused-ring (bicyclic) bond motifs is 1. The second-order valence-electron chi connectivity index (χ2n) is 6.65. The van der Waals surface area contributed by atoms with Crippen molar-refractivity contribution in [1.82, 2.24) is 4.57 Å². The Morgan fingerprint density at radius 2 is 2.00 bits per heavy atom. The molecule has 1 saturated heterocycles. The van der Waals surface area contributed by atoms with Crippen LogP contribution in [0.3, 0.4) is 0 Å². The third kappa shape index (κ3) is 2.69. The lowest BCUT2D eigenvalue weighted by molar-refractivity contribution is 0.0603. The zero-order chi connectivity index (χ0) is 18.4. The van der Waals surface area contributed by atoms with E-state index in [1.54, 1.807) is 18.3 Å². The first-order valence-corrected chi connectivity index (χ1v) is 8.76. The molecule has 2 heterocycles. The number of phenols is 1. The molecule has 26 heavy (non-hydrogen) atoms. The van der Waals surface area contributed by atoms with E-state index in [0.717, 1.165) is 35.2 Å². The fourth-order valence-electron chi connectivity index (χ4n) is 3.58. The van der Waals surface area contributed by atoms with Crippen molar-refractivity contribution < 1.29 is 14.6 Å². The number of aromatic hydroxyl groups is 1. The number of nitrogens with zero attached hydrogens (tertiary/aromatic N) is 2. The van der Waals surface area contributed by atoms with Gasteiger partial charge < -0.3 is 19.3 Å². The molecular formula is C20H19ClN2O3.